The van der Waals surface area contributed by atoms with Gasteiger partial charge in [-0.15, -0.1) is 0 Å². The zero-order chi connectivity index (χ0) is 19.6. The lowest BCUT2D eigenvalue weighted by atomic mass is 9.47. The summed E-state index contributed by atoms with van der Waals surface area (Å²) in [6.07, 6.45) is 11.9. The summed E-state index contributed by atoms with van der Waals surface area (Å²) in [7, 11) is 0. The van der Waals surface area contributed by atoms with Gasteiger partial charge in [-0.05, 0) is 93.3 Å². The summed E-state index contributed by atoms with van der Waals surface area (Å²) in [6.45, 7) is 10.5. The number of esters is 1. The van der Waals surface area contributed by atoms with E-state index in [1.807, 2.05) is 13.8 Å². The number of hydrogen-bond donors (Lipinski definition) is 1. The van der Waals surface area contributed by atoms with Crippen molar-refractivity contribution in [3.05, 3.63) is 11.6 Å². The Bertz CT molecular complexity index is 645. The number of rotatable bonds is 2. The Morgan fingerprint density at radius 2 is 1.89 bits per heavy atom. The van der Waals surface area contributed by atoms with E-state index in [0.29, 0.717) is 5.92 Å². The molecule has 7 atom stereocenters. The number of carbonyl (C=O) groups is 1. The third-order valence-corrected chi connectivity index (χ3v) is 9.24. The fourth-order valence-corrected chi connectivity index (χ4v) is 8.12. The first-order valence-electron chi connectivity index (χ1n) is 11.1. The molecule has 3 saturated carbocycles. The Labute approximate surface area is 164 Å². The SMILES string of the molecule is CC(=O)O[C@H]1CC[C@@]2(C)C(=CC[C@H]3[C@@H]4CC[C@H](C(C)(C)O)[C@@]4(C)CC[C@@H]32)C1. The highest BCUT2D eigenvalue weighted by Crippen LogP contribution is 2.67. The van der Waals surface area contributed by atoms with E-state index in [0.717, 1.165) is 37.0 Å². The molecule has 0 aromatic carbocycles. The molecule has 0 radical (unpaired) electrons. The normalized spacial score (nSPS) is 46.7. The van der Waals surface area contributed by atoms with E-state index in [4.69, 9.17) is 4.74 Å². The monoisotopic (exact) mass is 374 g/mol. The highest BCUT2D eigenvalue weighted by molar-refractivity contribution is 5.66. The van der Waals surface area contributed by atoms with Crippen LogP contribution in [0.25, 0.3) is 0 Å². The molecule has 3 nitrogen and oxygen atoms in total. The van der Waals surface area contributed by atoms with Crippen molar-refractivity contribution >= 4 is 5.97 Å². The van der Waals surface area contributed by atoms with E-state index in [9.17, 15) is 9.90 Å². The second-order valence-electron chi connectivity index (χ2n) is 11.1. The minimum atomic E-state index is -0.571. The van der Waals surface area contributed by atoms with Crippen molar-refractivity contribution in [2.75, 3.05) is 0 Å². The van der Waals surface area contributed by atoms with Gasteiger partial charge in [0, 0.05) is 13.3 Å². The summed E-state index contributed by atoms with van der Waals surface area (Å²) < 4.78 is 5.55. The van der Waals surface area contributed by atoms with Crippen LogP contribution in [0, 0.1) is 34.5 Å². The maximum atomic E-state index is 11.4. The van der Waals surface area contributed by atoms with E-state index in [1.165, 1.54) is 39.0 Å². The summed E-state index contributed by atoms with van der Waals surface area (Å²) in [4.78, 5) is 11.4. The number of hydrogen-bond acceptors (Lipinski definition) is 3. The fourth-order valence-electron chi connectivity index (χ4n) is 8.12. The highest BCUT2D eigenvalue weighted by atomic mass is 16.5. The first-order valence-corrected chi connectivity index (χ1v) is 11.1. The fraction of sp³-hybridized carbons (Fsp3) is 0.875. The van der Waals surface area contributed by atoms with Gasteiger partial charge in [0.2, 0.25) is 0 Å². The number of carbonyl (C=O) groups excluding carboxylic acids is 1. The molecule has 3 fully saturated rings. The van der Waals surface area contributed by atoms with E-state index in [-0.39, 0.29) is 22.9 Å². The zero-order valence-corrected chi connectivity index (χ0v) is 17.9. The lowest BCUT2D eigenvalue weighted by molar-refractivity contribution is -0.149. The first-order chi connectivity index (χ1) is 12.6. The topological polar surface area (TPSA) is 46.5 Å². The van der Waals surface area contributed by atoms with Crippen LogP contribution in [0.5, 0.6) is 0 Å². The Kier molecular flexibility index (Phi) is 4.57. The molecule has 0 heterocycles. The van der Waals surface area contributed by atoms with Crippen molar-refractivity contribution in [1.82, 2.24) is 0 Å². The Balaban J connectivity index is 1.58. The number of ether oxygens (including phenoxy) is 1. The van der Waals surface area contributed by atoms with Crippen LogP contribution in [-0.2, 0) is 9.53 Å². The maximum Gasteiger partial charge on any atom is 0.302 e. The molecule has 4 aliphatic rings. The average Bonchev–Trinajstić information content (AvgIpc) is 2.92. The zero-order valence-electron chi connectivity index (χ0n) is 17.9. The molecule has 0 bridgehead atoms. The van der Waals surface area contributed by atoms with Gasteiger partial charge in [-0.3, -0.25) is 4.79 Å². The third kappa shape index (κ3) is 2.99. The smallest absolute Gasteiger partial charge is 0.302 e. The Morgan fingerprint density at radius 3 is 2.56 bits per heavy atom. The third-order valence-electron chi connectivity index (χ3n) is 9.24. The van der Waals surface area contributed by atoms with Crippen LogP contribution in [0.3, 0.4) is 0 Å². The summed E-state index contributed by atoms with van der Waals surface area (Å²) >= 11 is 0. The van der Waals surface area contributed by atoms with Gasteiger partial charge in [0.25, 0.3) is 0 Å². The minimum absolute atomic E-state index is 0.0817. The van der Waals surface area contributed by atoms with Crippen molar-refractivity contribution in [2.45, 2.75) is 97.7 Å². The van der Waals surface area contributed by atoms with Crippen LogP contribution in [0.4, 0.5) is 0 Å². The Hall–Kier alpha value is -0.830. The molecule has 0 aliphatic heterocycles. The average molecular weight is 375 g/mol. The van der Waals surface area contributed by atoms with Crippen LogP contribution in [0.15, 0.2) is 11.6 Å². The Morgan fingerprint density at radius 1 is 1.15 bits per heavy atom. The predicted molar refractivity (Wildman–Crippen MR) is 107 cm³/mol. The summed E-state index contributed by atoms with van der Waals surface area (Å²) in [5, 5.41) is 10.8. The molecule has 3 heteroatoms. The van der Waals surface area contributed by atoms with Crippen LogP contribution >= 0.6 is 0 Å². The molecule has 0 spiro atoms. The van der Waals surface area contributed by atoms with Crippen molar-refractivity contribution < 1.29 is 14.6 Å². The lowest BCUT2D eigenvalue weighted by Crippen LogP contribution is -2.52. The van der Waals surface area contributed by atoms with Crippen LogP contribution in [0.2, 0.25) is 0 Å². The molecule has 0 aromatic heterocycles. The molecule has 0 aromatic rings. The summed E-state index contributed by atoms with van der Waals surface area (Å²) in [6, 6.07) is 0. The standard InChI is InChI=1S/C24H38O3/c1-15(25)27-17-10-12-23(4)16(14-17)6-7-18-19-8-9-21(22(2,3)26)24(19,5)13-11-20(18)23/h6,17-21,26H,7-14H2,1-5H3/t17-,18-,19-,20-,21+,23-,24-/m0/s1. The lowest BCUT2D eigenvalue weighted by Gasteiger charge is -2.58. The van der Waals surface area contributed by atoms with Gasteiger partial charge in [-0.25, -0.2) is 0 Å². The van der Waals surface area contributed by atoms with Gasteiger partial charge in [0.15, 0.2) is 0 Å². The second-order valence-corrected chi connectivity index (χ2v) is 11.1. The van der Waals surface area contributed by atoms with E-state index >= 15 is 0 Å². The number of fused-ring (bicyclic) bond motifs is 5. The summed E-state index contributed by atoms with van der Waals surface area (Å²) in [5.41, 5.74) is 1.56. The molecule has 0 amide bonds. The highest BCUT2D eigenvalue weighted by Gasteiger charge is 2.60. The second kappa shape index (κ2) is 6.34. The van der Waals surface area contributed by atoms with Gasteiger partial charge < -0.3 is 9.84 Å². The minimum Gasteiger partial charge on any atom is -0.462 e. The van der Waals surface area contributed by atoms with E-state index in [2.05, 4.69) is 19.9 Å². The van der Waals surface area contributed by atoms with Crippen LogP contribution in [-0.4, -0.2) is 22.8 Å². The van der Waals surface area contributed by atoms with Gasteiger partial charge in [-0.1, -0.05) is 25.5 Å². The van der Waals surface area contributed by atoms with Crippen LogP contribution < -0.4 is 0 Å². The first kappa shape index (κ1) is 19.5. The largest absolute Gasteiger partial charge is 0.462 e. The van der Waals surface area contributed by atoms with E-state index in [1.54, 1.807) is 5.57 Å². The number of aliphatic hydroxyl groups is 1. The van der Waals surface area contributed by atoms with Crippen molar-refractivity contribution in [3.63, 3.8) is 0 Å². The van der Waals surface area contributed by atoms with Crippen molar-refractivity contribution in [1.29, 1.82) is 0 Å². The van der Waals surface area contributed by atoms with E-state index < -0.39 is 5.60 Å². The molecule has 152 valence electrons. The van der Waals surface area contributed by atoms with Crippen molar-refractivity contribution in [3.8, 4) is 0 Å². The molecular formula is C24H38O3. The molecule has 0 unspecified atom stereocenters. The van der Waals surface area contributed by atoms with Crippen LogP contribution in [0.1, 0.15) is 86.0 Å². The van der Waals surface area contributed by atoms with Gasteiger partial charge in [0.05, 0.1) is 5.60 Å². The van der Waals surface area contributed by atoms with Crippen molar-refractivity contribution in [2.24, 2.45) is 34.5 Å². The molecule has 4 rings (SSSR count). The maximum absolute atomic E-state index is 11.4. The summed E-state index contributed by atoms with van der Waals surface area (Å²) in [5.74, 6) is 2.54. The molecule has 0 saturated heterocycles. The molecular weight excluding hydrogens is 336 g/mol. The predicted octanol–water partition coefficient (Wildman–Crippen LogP) is 5.27. The molecule has 4 aliphatic carbocycles. The quantitative estimate of drug-likeness (QED) is 0.529. The van der Waals surface area contributed by atoms with Gasteiger partial charge in [0.1, 0.15) is 6.10 Å². The van der Waals surface area contributed by atoms with Gasteiger partial charge >= 0.3 is 5.97 Å². The molecule has 1 N–H and O–H groups in total. The van der Waals surface area contributed by atoms with Gasteiger partial charge in [-0.2, -0.15) is 0 Å². The molecule has 27 heavy (non-hydrogen) atoms. The number of allylic oxidation sites excluding steroid dienone is 1.